The molecule has 0 aromatic heterocycles. The van der Waals surface area contributed by atoms with Crippen LogP contribution in [0, 0.1) is 52.3 Å². The number of esters is 1. The minimum atomic E-state index is -4.99. The lowest BCUT2D eigenvalue weighted by Gasteiger charge is -2.61. The smallest absolute Gasteiger partial charge is 0.378 e. The first-order valence-corrected chi connectivity index (χ1v) is 16.7. The van der Waals surface area contributed by atoms with Crippen LogP contribution in [0.1, 0.15) is 112 Å². The molecule has 4 fully saturated rings. The van der Waals surface area contributed by atoms with E-state index in [1.807, 2.05) is 0 Å². The van der Waals surface area contributed by atoms with Gasteiger partial charge >= 0.3 is 11.9 Å². The summed E-state index contributed by atoms with van der Waals surface area (Å²) >= 11 is 0. The first-order chi connectivity index (χ1) is 17.6. The lowest BCUT2D eigenvalue weighted by Crippen LogP contribution is -2.54. The maximum Gasteiger partial charge on any atom is 0.378 e. The van der Waals surface area contributed by atoms with Crippen LogP contribution in [0.3, 0.4) is 0 Å². The normalized spacial score (nSPS) is 40.2. The second kappa shape index (κ2) is 10.9. The second-order valence-corrected chi connectivity index (χ2v) is 15.9. The summed E-state index contributed by atoms with van der Waals surface area (Å²) in [6.07, 6.45) is 12.7. The van der Waals surface area contributed by atoms with E-state index in [2.05, 4.69) is 34.6 Å². The molecule has 0 spiro atoms. The molecule has 4 aliphatic rings. The van der Waals surface area contributed by atoms with Crippen molar-refractivity contribution in [3.05, 3.63) is 0 Å². The van der Waals surface area contributed by atoms with Crippen molar-refractivity contribution in [2.24, 2.45) is 52.3 Å². The second-order valence-electron chi connectivity index (χ2n) is 14.4. The molecule has 0 heterocycles. The topological polar surface area (TPSA) is 80.7 Å². The molecule has 1 N–H and O–H groups in total. The number of hydrogen-bond acceptors (Lipinski definition) is 4. The van der Waals surface area contributed by atoms with Crippen molar-refractivity contribution in [3.63, 3.8) is 0 Å². The quantitative estimate of drug-likeness (QED) is 0.233. The average Bonchev–Trinajstić information content (AvgIpc) is 3.14. The molecular weight excluding hydrogens is 510 g/mol. The number of hydrogen-bond donors (Lipinski definition) is 1. The zero-order valence-electron chi connectivity index (χ0n) is 24.1. The highest BCUT2D eigenvalue weighted by molar-refractivity contribution is 7.85. The number of rotatable bonds is 9. The summed E-state index contributed by atoms with van der Waals surface area (Å²) in [5.41, 5.74) is 0.554. The van der Waals surface area contributed by atoms with E-state index in [4.69, 9.17) is 9.29 Å². The molecule has 0 bridgehead atoms. The van der Waals surface area contributed by atoms with E-state index in [-0.39, 0.29) is 5.41 Å². The molecule has 0 saturated heterocycles. The summed E-state index contributed by atoms with van der Waals surface area (Å²) in [5.74, 6) is -3.22. The van der Waals surface area contributed by atoms with Gasteiger partial charge in [-0.25, -0.2) is 4.79 Å². The number of fused-ring (bicyclic) bond motifs is 5. The number of carbonyl (C=O) groups is 1. The SMILES string of the molecule is CC(C)CCCC(C)C1CCC2C3CCC4CC(OC(=O)C(F)(F)CS(=O)(=O)O)CCC4(C)C3CCC12C. The fourth-order valence-corrected chi connectivity index (χ4v) is 10.5. The maximum absolute atomic E-state index is 14.0. The zero-order chi connectivity index (χ0) is 28.1. The minimum absolute atomic E-state index is 0.130. The van der Waals surface area contributed by atoms with Crippen molar-refractivity contribution in [1.29, 1.82) is 0 Å². The van der Waals surface area contributed by atoms with Gasteiger partial charge in [-0.1, -0.05) is 53.9 Å². The summed E-state index contributed by atoms with van der Waals surface area (Å²) in [6, 6.07) is 0. The van der Waals surface area contributed by atoms with Gasteiger partial charge in [-0.2, -0.15) is 17.2 Å². The van der Waals surface area contributed by atoms with Gasteiger partial charge in [0.25, 0.3) is 10.1 Å². The van der Waals surface area contributed by atoms with E-state index in [1.165, 1.54) is 51.4 Å². The van der Waals surface area contributed by atoms with Crippen LogP contribution in [0.15, 0.2) is 0 Å². The fourth-order valence-electron chi connectivity index (χ4n) is 9.88. The van der Waals surface area contributed by atoms with Crippen LogP contribution < -0.4 is 0 Å². The van der Waals surface area contributed by atoms with Gasteiger partial charge in [-0.15, -0.1) is 0 Å². The molecule has 0 aliphatic heterocycles. The Morgan fingerprint density at radius 1 is 0.974 bits per heavy atom. The zero-order valence-corrected chi connectivity index (χ0v) is 24.9. The lowest BCUT2D eigenvalue weighted by atomic mass is 9.44. The third-order valence-corrected chi connectivity index (χ3v) is 12.5. The first kappa shape index (κ1) is 30.2. The van der Waals surface area contributed by atoms with Crippen molar-refractivity contribution in [3.8, 4) is 0 Å². The number of ether oxygens (including phenoxy) is 1. The third kappa shape index (κ3) is 5.96. The van der Waals surface area contributed by atoms with E-state index in [0.29, 0.717) is 30.1 Å². The van der Waals surface area contributed by atoms with Crippen LogP contribution in [0.2, 0.25) is 0 Å². The van der Waals surface area contributed by atoms with E-state index in [1.54, 1.807) is 0 Å². The number of halogens is 2. The summed E-state index contributed by atoms with van der Waals surface area (Å²) in [6.45, 7) is 12.1. The summed E-state index contributed by atoms with van der Waals surface area (Å²) in [7, 11) is -4.99. The van der Waals surface area contributed by atoms with Crippen LogP contribution in [-0.2, 0) is 19.6 Å². The van der Waals surface area contributed by atoms with E-state index >= 15 is 0 Å². The highest BCUT2D eigenvalue weighted by atomic mass is 32.2. The molecule has 0 aromatic rings. The molecule has 4 saturated carbocycles. The Morgan fingerprint density at radius 2 is 1.63 bits per heavy atom. The Hall–Kier alpha value is -0.760. The molecule has 4 rings (SSSR count). The van der Waals surface area contributed by atoms with Gasteiger partial charge < -0.3 is 4.74 Å². The van der Waals surface area contributed by atoms with Crippen LogP contribution >= 0.6 is 0 Å². The third-order valence-electron chi connectivity index (χ3n) is 11.8. The summed E-state index contributed by atoms with van der Waals surface area (Å²) in [4.78, 5) is 12.1. The van der Waals surface area contributed by atoms with Crippen LogP contribution in [0.5, 0.6) is 0 Å². The molecule has 5 nitrogen and oxygen atoms in total. The van der Waals surface area contributed by atoms with Crippen molar-refractivity contribution in [1.82, 2.24) is 0 Å². The lowest BCUT2D eigenvalue weighted by molar-refractivity contribution is -0.184. The van der Waals surface area contributed by atoms with Crippen molar-refractivity contribution in [2.45, 2.75) is 124 Å². The molecule has 0 radical (unpaired) electrons. The highest BCUT2D eigenvalue weighted by Gasteiger charge is 2.61. The van der Waals surface area contributed by atoms with Crippen molar-refractivity contribution < 1.29 is 31.3 Å². The minimum Gasteiger partial charge on any atom is -0.458 e. The Bertz CT molecular complexity index is 968. The first-order valence-electron chi connectivity index (χ1n) is 15.1. The van der Waals surface area contributed by atoms with Gasteiger partial charge in [-0.3, -0.25) is 4.55 Å². The van der Waals surface area contributed by atoms with E-state index < -0.39 is 33.9 Å². The molecule has 38 heavy (non-hydrogen) atoms. The van der Waals surface area contributed by atoms with Gasteiger partial charge in [0.05, 0.1) is 0 Å². The van der Waals surface area contributed by atoms with Gasteiger partial charge in [0.1, 0.15) is 6.10 Å². The van der Waals surface area contributed by atoms with Crippen molar-refractivity contribution in [2.75, 3.05) is 5.75 Å². The van der Waals surface area contributed by atoms with Gasteiger partial charge in [0, 0.05) is 0 Å². The van der Waals surface area contributed by atoms with Gasteiger partial charge in [0.2, 0.25) is 0 Å². The Balaban J connectivity index is 1.39. The fraction of sp³-hybridized carbons (Fsp3) is 0.967. The molecular formula is C30H50F2O5S. The molecule has 0 amide bonds. The Morgan fingerprint density at radius 3 is 2.29 bits per heavy atom. The van der Waals surface area contributed by atoms with E-state index in [9.17, 15) is 22.0 Å². The predicted molar refractivity (Wildman–Crippen MR) is 144 cm³/mol. The van der Waals surface area contributed by atoms with Gasteiger partial charge in [-0.05, 0) is 110 Å². The highest BCUT2D eigenvalue weighted by Crippen LogP contribution is 2.68. The molecule has 220 valence electrons. The average molecular weight is 561 g/mol. The summed E-state index contributed by atoms with van der Waals surface area (Å²) in [5, 5.41) is 0. The number of carbonyl (C=O) groups excluding carboxylic acids is 1. The van der Waals surface area contributed by atoms with Crippen molar-refractivity contribution >= 4 is 16.1 Å². The molecule has 9 atom stereocenters. The molecule has 8 heteroatoms. The molecule has 9 unspecified atom stereocenters. The van der Waals surface area contributed by atoms with E-state index in [0.717, 1.165) is 42.4 Å². The Kier molecular flexibility index (Phi) is 8.67. The molecule has 4 aliphatic carbocycles. The van der Waals surface area contributed by atoms with Gasteiger partial charge in [0.15, 0.2) is 5.75 Å². The largest absolute Gasteiger partial charge is 0.458 e. The predicted octanol–water partition coefficient (Wildman–Crippen LogP) is 7.54. The van der Waals surface area contributed by atoms with Crippen LogP contribution in [0.4, 0.5) is 8.78 Å². The van der Waals surface area contributed by atoms with Crippen LogP contribution in [-0.4, -0.2) is 36.7 Å². The van der Waals surface area contributed by atoms with Crippen LogP contribution in [0.25, 0.3) is 0 Å². The number of alkyl halides is 2. The maximum atomic E-state index is 14.0. The summed E-state index contributed by atoms with van der Waals surface area (Å²) < 4.78 is 63.8. The molecule has 0 aromatic carbocycles. The standard InChI is InChI=1S/C30H50F2O5S/c1-19(2)7-6-8-20(3)24-11-12-25-23-10-9-21-17-22(37-27(33)30(31,32)18-38(34,35)36)13-15-28(21,4)26(23)14-16-29(24,25)5/h19-26H,6-18H2,1-5H3,(H,34,35,36). The Labute approximate surface area is 229 Å². The monoisotopic (exact) mass is 560 g/mol.